The Hall–Kier alpha value is -2.08. The summed E-state index contributed by atoms with van der Waals surface area (Å²) >= 11 is 0. The Labute approximate surface area is 155 Å². The van der Waals surface area contributed by atoms with Gasteiger partial charge in [-0.1, -0.05) is 0 Å². The highest BCUT2D eigenvalue weighted by molar-refractivity contribution is 5.90. The lowest BCUT2D eigenvalue weighted by Crippen LogP contribution is -2.35. The number of likely N-dealkylation sites (tertiary alicyclic amines) is 2. The van der Waals surface area contributed by atoms with Crippen LogP contribution in [0.1, 0.15) is 38.5 Å². The zero-order valence-electron chi connectivity index (χ0n) is 15.6. The lowest BCUT2D eigenvalue weighted by Gasteiger charge is -2.29. The molecule has 0 radical (unpaired) electrons. The molecule has 3 rings (SSSR count). The molecular formula is C20H29N3O3. The van der Waals surface area contributed by atoms with E-state index in [9.17, 15) is 9.59 Å². The standard InChI is InChI=1S/C20H29N3O3/c1-22-14-10-18(11-15-22)26-17-8-6-16(7-9-17)21-19(24)4-2-12-23-13-3-5-20(23)25/h6-9,18H,2-5,10-15H2,1H3,(H,21,24). The second-order valence-electron chi connectivity index (χ2n) is 7.28. The Morgan fingerprint density at radius 3 is 2.58 bits per heavy atom. The molecule has 26 heavy (non-hydrogen) atoms. The van der Waals surface area contributed by atoms with Crippen molar-refractivity contribution in [3.8, 4) is 5.75 Å². The van der Waals surface area contributed by atoms with Crippen LogP contribution in [0.15, 0.2) is 24.3 Å². The number of amides is 2. The largest absolute Gasteiger partial charge is 0.490 e. The normalized spacial score (nSPS) is 19.0. The van der Waals surface area contributed by atoms with E-state index in [-0.39, 0.29) is 17.9 Å². The third-order valence-electron chi connectivity index (χ3n) is 5.11. The van der Waals surface area contributed by atoms with Gasteiger partial charge in [-0.15, -0.1) is 0 Å². The average Bonchev–Trinajstić information content (AvgIpc) is 3.04. The third kappa shape index (κ3) is 5.46. The molecular weight excluding hydrogens is 330 g/mol. The van der Waals surface area contributed by atoms with Gasteiger partial charge < -0.3 is 19.9 Å². The zero-order valence-corrected chi connectivity index (χ0v) is 15.6. The van der Waals surface area contributed by atoms with Crippen molar-refractivity contribution in [1.82, 2.24) is 9.80 Å². The van der Waals surface area contributed by atoms with Crippen molar-refractivity contribution in [3.05, 3.63) is 24.3 Å². The molecule has 2 fully saturated rings. The minimum Gasteiger partial charge on any atom is -0.490 e. The van der Waals surface area contributed by atoms with Crippen molar-refractivity contribution < 1.29 is 14.3 Å². The van der Waals surface area contributed by atoms with Gasteiger partial charge in [-0.2, -0.15) is 0 Å². The van der Waals surface area contributed by atoms with Crippen molar-refractivity contribution in [2.75, 3.05) is 38.5 Å². The Morgan fingerprint density at radius 1 is 1.19 bits per heavy atom. The molecule has 0 atom stereocenters. The third-order valence-corrected chi connectivity index (χ3v) is 5.11. The van der Waals surface area contributed by atoms with E-state index in [4.69, 9.17) is 4.74 Å². The van der Waals surface area contributed by atoms with Gasteiger partial charge in [-0.05, 0) is 57.0 Å². The Balaban J connectivity index is 1.37. The highest BCUT2D eigenvalue weighted by Gasteiger charge is 2.20. The number of anilines is 1. The SMILES string of the molecule is CN1CCC(Oc2ccc(NC(=O)CCCN3CCCC3=O)cc2)CC1. The predicted molar refractivity (Wildman–Crippen MR) is 101 cm³/mol. The highest BCUT2D eigenvalue weighted by atomic mass is 16.5. The van der Waals surface area contributed by atoms with E-state index in [1.54, 1.807) is 0 Å². The molecule has 6 nitrogen and oxygen atoms in total. The number of carbonyl (C=O) groups is 2. The molecule has 2 heterocycles. The number of nitrogens with zero attached hydrogens (tertiary/aromatic N) is 2. The maximum absolute atomic E-state index is 12.0. The van der Waals surface area contributed by atoms with Crippen LogP contribution in [0.3, 0.4) is 0 Å². The fourth-order valence-corrected chi connectivity index (χ4v) is 3.51. The summed E-state index contributed by atoms with van der Waals surface area (Å²) in [5.41, 5.74) is 0.781. The summed E-state index contributed by atoms with van der Waals surface area (Å²) in [6.07, 6.45) is 5.10. The molecule has 142 valence electrons. The molecule has 1 aromatic rings. The quantitative estimate of drug-likeness (QED) is 0.813. The van der Waals surface area contributed by atoms with E-state index in [0.717, 1.165) is 50.3 Å². The highest BCUT2D eigenvalue weighted by Crippen LogP contribution is 2.21. The molecule has 2 aliphatic heterocycles. The van der Waals surface area contributed by atoms with Crippen LogP contribution in [0.2, 0.25) is 0 Å². The maximum Gasteiger partial charge on any atom is 0.224 e. The van der Waals surface area contributed by atoms with Crippen molar-refractivity contribution in [2.24, 2.45) is 0 Å². The van der Waals surface area contributed by atoms with Gasteiger partial charge in [0.1, 0.15) is 11.9 Å². The lowest BCUT2D eigenvalue weighted by molar-refractivity contribution is -0.128. The van der Waals surface area contributed by atoms with E-state index in [1.807, 2.05) is 29.2 Å². The van der Waals surface area contributed by atoms with Gasteiger partial charge in [-0.25, -0.2) is 0 Å². The monoisotopic (exact) mass is 359 g/mol. The Kier molecular flexibility index (Phi) is 6.50. The molecule has 0 aromatic heterocycles. The summed E-state index contributed by atoms with van der Waals surface area (Å²) in [7, 11) is 2.14. The summed E-state index contributed by atoms with van der Waals surface area (Å²) < 4.78 is 6.02. The van der Waals surface area contributed by atoms with E-state index >= 15 is 0 Å². The molecule has 1 aromatic carbocycles. The van der Waals surface area contributed by atoms with Gasteiger partial charge in [-0.3, -0.25) is 9.59 Å². The summed E-state index contributed by atoms with van der Waals surface area (Å²) in [5, 5.41) is 2.91. The smallest absolute Gasteiger partial charge is 0.224 e. The summed E-state index contributed by atoms with van der Waals surface area (Å²) in [6.45, 7) is 3.65. The van der Waals surface area contributed by atoms with Crippen LogP contribution < -0.4 is 10.1 Å². The van der Waals surface area contributed by atoms with Gasteiger partial charge in [0.05, 0.1) is 0 Å². The van der Waals surface area contributed by atoms with E-state index in [2.05, 4.69) is 17.3 Å². The molecule has 2 amide bonds. The van der Waals surface area contributed by atoms with Crippen LogP contribution in [0.4, 0.5) is 5.69 Å². The topological polar surface area (TPSA) is 61.9 Å². The van der Waals surface area contributed by atoms with Gasteiger partial charge >= 0.3 is 0 Å². The van der Waals surface area contributed by atoms with Crippen LogP contribution >= 0.6 is 0 Å². The van der Waals surface area contributed by atoms with Gasteiger partial charge in [0, 0.05) is 44.7 Å². The number of piperidine rings is 1. The Morgan fingerprint density at radius 2 is 1.92 bits per heavy atom. The predicted octanol–water partition coefficient (Wildman–Crippen LogP) is 2.50. The van der Waals surface area contributed by atoms with E-state index in [0.29, 0.717) is 25.8 Å². The average molecular weight is 359 g/mol. The number of benzene rings is 1. The first kappa shape index (κ1) is 18.7. The molecule has 0 bridgehead atoms. The first-order chi connectivity index (χ1) is 12.6. The van der Waals surface area contributed by atoms with Crippen LogP contribution in [-0.2, 0) is 9.59 Å². The molecule has 1 N–H and O–H groups in total. The van der Waals surface area contributed by atoms with Crippen LogP contribution in [0, 0.1) is 0 Å². The van der Waals surface area contributed by atoms with Crippen molar-refractivity contribution in [3.63, 3.8) is 0 Å². The first-order valence-corrected chi connectivity index (χ1v) is 9.63. The number of hydrogen-bond donors (Lipinski definition) is 1. The zero-order chi connectivity index (χ0) is 18.4. The number of nitrogens with one attached hydrogen (secondary N) is 1. The first-order valence-electron chi connectivity index (χ1n) is 9.63. The molecule has 0 unspecified atom stereocenters. The molecule has 0 spiro atoms. The molecule has 0 aliphatic carbocycles. The van der Waals surface area contributed by atoms with Gasteiger partial charge in [0.25, 0.3) is 0 Å². The van der Waals surface area contributed by atoms with Crippen LogP contribution in [0.25, 0.3) is 0 Å². The van der Waals surface area contributed by atoms with E-state index < -0.39 is 0 Å². The minimum absolute atomic E-state index is 0.0133. The number of hydrogen-bond acceptors (Lipinski definition) is 4. The van der Waals surface area contributed by atoms with Crippen molar-refractivity contribution >= 4 is 17.5 Å². The van der Waals surface area contributed by atoms with Crippen LogP contribution in [0.5, 0.6) is 5.75 Å². The molecule has 2 aliphatic rings. The molecule has 6 heteroatoms. The van der Waals surface area contributed by atoms with E-state index in [1.165, 1.54) is 0 Å². The number of rotatable bonds is 7. The molecule has 2 saturated heterocycles. The second-order valence-corrected chi connectivity index (χ2v) is 7.28. The maximum atomic E-state index is 12.0. The van der Waals surface area contributed by atoms with Crippen LogP contribution in [-0.4, -0.2) is 60.9 Å². The number of carbonyl (C=O) groups excluding carboxylic acids is 2. The fourth-order valence-electron chi connectivity index (χ4n) is 3.51. The summed E-state index contributed by atoms with van der Waals surface area (Å²) in [4.78, 5) is 27.8. The second kappa shape index (κ2) is 9.03. The van der Waals surface area contributed by atoms with Gasteiger partial charge in [0.2, 0.25) is 11.8 Å². The summed E-state index contributed by atoms with van der Waals surface area (Å²) in [5.74, 6) is 1.05. The number of ether oxygens (including phenoxy) is 1. The fraction of sp³-hybridized carbons (Fsp3) is 0.600. The lowest BCUT2D eigenvalue weighted by atomic mass is 10.1. The van der Waals surface area contributed by atoms with Gasteiger partial charge in [0.15, 0.2) is 0 Å². The Bertz CT molecular complexity index is 609. The van der Waals surface area contributed by atoms with Crippen molar-refractivity contribution in [2.45, 2.75) is 44.6 Å². The minimum atomic E-state index is -0.0133. The molecule has 0 saturated carbocycles. The van der Waals surface area contributed by atoms with Crippen molar-refractivity contribution in [1.29, 1.82) is 0 Å². The summed E-state index contributed by atoms with van der Waals surface area (Å²) in [6, 6.07) is 7.59.